The maximum absolute atomic E-state index is 12.1. The Bertz CT molecular complexity index is 564. The number of fused-ring (bicyclic) bond motifs is 1. The number of benzene rings is 1. The van der Waals surface area contributed by atoms with Crippen LogP contribution in [0.25, 0.3) is 0 Å². The number of nitrogens with zero attached hydrogens (tertiary/aromatic N) is 1. The Hall–Kier alpha value is -2.11. The van der Waals surface area contributed by atoms with Gasteiger partial charge in [-0.05, 0) is 30.4 Å². The second kappa shape index (κ2) is 4.22. The third-order valence-electron chi connectivity index (χ3n) is 4.14. The van der Waals surface area contributed by atoms with Gasteiger partial charge in [0.1, 0.15) is 5.69 Å². The van der Waals surface area contributed by atoms with Crippen LogP contribution in [0.5, 0.6) is 0 Å². The highest BCUT2D eigenvalue weighted by atomic mass is 16.6. The number of nitro benzene ring substituents is 1. The smallest absolute Gasteiger partial charge is 0.294 e. The van der Waals surface area contributed by atoms with Crippen molar-refractivity contribution in [2.24, 2.45) is 5.92 Å². The van der Waals surface area contributed by atoms with E-state index in [0.29, 0.717) is 11.6 Å². The van der Waals surface area contributed by atoms with Crippen molar-refractivity contribution >= 4 is 23.0 Å². The van der Waals surface area contributed by atoms with Crippen LogP contribution in [0.4, 0.5) is 17.1 Å². The topological polar surface area (TPSA) is 98.3 Å². The summed E-state index contributed by atoms with van der Waals surface area (Å²) >= 11 is 0. The minimum Gasteiger partial charge on any atom is -0.393 e. The molecule has 1 aliphatic heterocycles. The van der Waals surface area contributed by atoms with Crippen molar-refractivity contribution in [3.05, 3.63) is 27.8 Å². The molecule has 6 heteroatoms. The molecule has 100 valence electrons. The number of nitrogens with one attached hydrogen (secondary N) is 1. The van der Waals surface area contributed by atoms with Gasteiger partial charge in [0.05, 0.1) is 16.5 Å². The number of nitro groups is 1. The fraction of sp³-hybridized carbons (Fsp3) is 0.462. The van der Waals surface area contributed by atoms with Gasteiger partial charge in [0, 0.05) is 6.07 Å². The fourth-order valence-electron chi connectivity index (χ4n) is 3.26. The molecule has 1 saturated carbocycles. The lowest BCUT2D eigenvalue weighted by Crippen LogP contribution is -2.18. The van der Waals surface area contributed by atoms with E-state index in [1.165, 1.54) is 6.07 Å². The van der Waals surface area contributed by atoms with Crippen LogP contribution >= 0.6 is 0 Å². The van der Waals surface area contributed by atoms with Crippen LogP contribution in [0.1, 0.15) is 37.2 Å². The summed E-state index contributed by atoms with van der Waals surface area (Å²) < 4.78 is 0. The molecule has 1 unspecified atom stereocenters. The predicted octanol–water partition coefficient (Wildman–Crippen LogP) is 2.40. The fourth-order valence-corrected chi connectivity index (χ4v) is 3.26. The summed E-state index contributed by atoms with van der Waals surface area (Å²) in [5, 5.41) is 13.6. The van der Waals surface area contributed by atoms with E-state index in [2.05, 4.69) is 5.32 Å². The first kappa shape index (κ1) is 12.0. The number of hydrogen-bond donors (Lipinski definition) is 2. The Morgan fingerprint density at radius 1 is 1.32 bits per heavy atom. The largest absolute Gasteiger partial charge is 0.393 e. The zero-order chi connectivity index (χ0) is 13.6. The summed E-state index contributed by atoms with van der Waals surface area (Å²) in [6, 6.07) is 2.96. The van der Waals surface area contributed by atoms with Crippen LogP contribution in [0.3, 0.4) is 0 Å². The molecule has 1 aromatic carbocycles. The highest BCUT2D eigenvalue weighted by Gasteiger charge is 2.39. The first-order valence-electron chi connectivity index (χ1n) is 6.46. The summed E-state index contributed by atoms with van der Waals surface area (Å²) in [6.07, 6.45) is 4.36. The van der Waals surface area contributed by atoms with Gasteiger partial charge in [-0.1, -0.05) is 12.8 Å². The van der Waals surface area contributed by atoms with Crippen molar-refractivity contribution < 1.29 is 9.72 Å². The molecule has 0 aromatic heterocycles. The number of amides is 1. The molecule has 3 rings (SSSR count). The Labute approximate surface area is 110 Å². The zero-order valence-corrected chi connectivity index (χ0v) is 10.4. The number of anilines is 2. The van der Waals surface area contributed by atoms with Crippen LogP contribution in [0.15, 0.2) is 12.1 Å². The molecule has 6 nitrogen and oxygen atoms in total. The Balaban J connectivity index is 2.04. The van der Waals surface area contributed by atoms with Gasteiger partial charge < -0.3 is 11.1 Å². The molecular weight excluding hydrogens is 246 g/mol. The Kier molecular flexibility index (Phi) is 2.66. The van der Waals surface area contributed by atoms with Gasteiger partial charge >= 0.3 is 0 Å². The summed E-state index contributed by atoms with van der Waals surface area (Å²) in [6.45, 7) is 0. The number of carbonyl (C=O) groups is 1. The molecule has 0 saturated heterocycles. The molecule has 1 fully saturated rings. The summed E-state index contributed by atoms with van der Waals surface area (Å²) in [5.41, 5.74) is 7.06. The number of nitrogens with two attached hydrogens (primary N) is 1. The lowest BCUT2D eigenvalue weighted by atomic mass is 9.85. The number of carbonyl (C=O) groups excluding carboxylic acids is 1. The van der Waals surface area contributed by atoms with Crippen molar-refractivity contribution in [2.75, 3.05) is 11.1 Å². The van der Waals surface area contributed by atoms with Crippen molar-refractivity contribution in [2.45, 2.75) is 31.6 Å². The minimum atomic E-state index is -0.523. The van der Waals surface area contributed by atoms with E-state index in [4.69, 9.17) is 5.73 Å². The van der Waals surface area contributed by atoms with Crippen LogP contribution < -0.4 is 11.1 Å². The highest BCUT2D eigenvalue weighted by Crippen LogP contribution is 2.46. The van der Waals surface area contributed by atoms with Crippen LogP contribution in [-0.4, -0.2) is 10.8 Å². The third kappa shape index (κ3) is 1.83. The summed E-state index contributed by atoms with van der Waals surface area (Å²) in [5.74, 6) is 0.0875. The molecule has 0 radical (unpaired) electrons. The molecule has 0 bridgehead atoms. The van der Waals surface area contributed by atoms with E-state index in [9.17, 15) is 14.9 Å². The van der Waals surface area contributed by atoms with Gasteiger partial charge in [0.25, 0.3) is 5.69 Å². The second-order valence-electron chi connectivity index (χ2n) is 5.27. The quantitative estimate of drug-likeness (QED) is 0.485. The molecular formula is C13H15N3O3. The summed E-state index contributed by atoms with van der Waals surface area (Å²) in [4.78, 5) is 22.4. The van der Waals surface area contributed by atoms with Crippen molar-refractivity contribution in [3.8, 4) is 0 Å². The van der Waals surface area contributed by atoms with Crippen molar-refractivity contribution in [1.29, 1.82) is 0 Å². The van der Waals surface area contributed by atoms with Gasteiger partial charge in [0.15, 0.2) is 0 Å². The molecule has 1 atom stereocenters. The molecule has 1 heterocycles. The Morgan fingerprint density at radius 3 is 2.63 bits per heavy atom. The molecule has 19 heavy (non-hydrogen) atoms. The monoisotopic (exact) mass is 261 g/mol. The van der Waals surface area contributed by atoms with Crippen LogP contribution in [0, 0.1) is 16.0 Å². The van der Waals surface area contributed by atoms with E-state index in [0.717, 1.165) is 31.2 Å². The SMILES string of the molecule is Nc1cc2c(cc1[N+](=O)[O-])NC(=O)C2C1CCCC1. The average molecular weight is 261 g/mol. The minimum absolute atomic E-state index is 0.0539. The standard InChI is InChI=1S/C13H15N3O3/c14-9-5-8-10(6-11(9)16(18)19)15-13(17)12(8)7-3-1-2-4-7/h5-7,12H,1-4,14H2,(H,15,17). The highest BCUT2D eigenvalue weighted by molar-refractivity contribution is 6.04. The van der Waals surface area contributed by atoms with Gasteiger partial charge in [0.2, 0.25) is 5.91 Å². The van der Waals surface area contributed by atoms with Crippen molar-refractivity contribution in [3.63, 3.8) is 0 Å². The first-order valence-corrected chi connectivity index (χ1v) is 6.46. The predicted molar refractivity (Wildman–Crippen MR) is 70.8 cm³/mol. The molecule has 0 spiro atoms. The third-order valence-corrected chi connectivity index (χ3v) is 4.14. The normalized spacial score (nSPS) is 22.3. The molecule has 3 N–H and O–H groups in total. The average Bonchev–Trinajstić information content (AvgIpc) is 2.94. The summed E-state index contributed by atoms with van der Waals surface area (Å²) in [7, 11) is 0. The van der Waals surface area contributed by atoms with Crippen molar-refractivity contribution in [1.82, 2.24) is 0 Å². The van der Waals surface area contributed by atoms with E-state index < -0.39 is 4.92 Å². The van der Waals surface area contributed by atoms with Crippen LogP contribution in [0.2, 0.25) is 0 Å². The van der Waals surface area contributed by atoms with Gasteiger partial charge in [-0.15, -0.1) is 0 Å². The maximum Gasteiger partial charge on any atom is 0.294 e. The van der Waals surface area contributed by atoms with Gasteiger partial charge in [-0.2, -0.15) is 0 Å². The van der Waals surface area contributed by atoms with Gasteiger partial charge in [-0.3, -0.25) is 14.9 Å². The Morgan fingerprint density at radius 2 is 2.00 bits per heavy atom. The number of hydrogen-bond acceptors (Lipinski definition) is 4. The first-order chi connectivity index (χ1) is 9.08. The lowest BCUT2D eigenvalue weighted by molar-refractivity contribution is -0.383. The lowest BCUT2D eigenvalue weighted by Gasteiger charge is -2.16. The van der Waals surface area contributed by atoms with E-state index in [1.54, 1.807) is 6.07 Å². The zero-order valence-electron chi connectivity index (χ0n) is 10.4. The number of rotatable bonds is 2. The van der Waals surface area contributed by atoms with Gasteiger partial charge in [-0.25, -0.2) is 0 Å². The maximum atomic E-state index is 12.1. The van der Waals surface area contributed by atoms with E-state index >= 15 is 0 Å². The molecule has 2 aliphatic rings. The van der Waals surface area contributed by atoms with E-state index in [-0.39, 0.29) is 23.2 Å². The van der Waals surface area contributed by atoms with Crippen LogP contribution in [-0.2, 0) is 4.79 Å². The molecule has 1 amide bonds. The van der Waals surface area contributed by atoms with E-state index in [1.807, 2.05) is 0 Å². The molecule has 1 aliphatic carbocycles. The second-order valence-corrected chi connectivity index (χ2v) is 5.27. The molecule has 1 aromatic rings. The number of nitrogen functional groups attached to an aromatic ring is 1.